The van der Waals surface area contributed by atoms with Gasteiger partial charge in [0.1, 0.15) is 17.6 Å². The van der Waals surface area contributed by atoms with E-state index in [0.29, 0.717) is 28.7 Å². The van der Waals surface area contributed by atoms with E-state index in [1.54, 1.807) is 36.1 Å². The number of amides is 2. The summed E-state index contributed by atoms with van der Waals surface area (Å²) in [5.41, 5.74) is 4.66. The van der Waals surface area contributed by atoms with Gasteiger partial charge < -0.3 is 15.0 Å². The number of ether oxygens (including phenoxy) is 1. The number of carbonyl (C=O) groups excluding carboxylic acids is 1. The molecular formula is C34H37Cl2F3N6O2. The smallest absolute Gasteiger partial charge is 0.416 e. The van der Waals surface area contributed by atoms with Crippen LogP contribution in [-0.2, 0) is 6.18 Å². The number of hydrogen-bond acceptors (Lipinski definition) is 6. The van der Waals surface area contributed by atoms with Gasteiger partial charge in [0, 0.05) is 55.4 Å². The van der Waals surface area contributed by atoms with Gasteiger partial charge in [0.05, 0.1) is 23.8 Å². The van der Waals surface area contributed by atoms with Crippen LogP contribution in [0.15, 0.2) is 71.7 Å². The van der Waals surface area contributed by atoms with Gasteiger partial charge in [-0.15, -0.1) is 0 Å². The lowest BCUT2D eigenvalue weighted by molar-refractivity contribution is -0.137. The number of hydrogen-bond donors (Lipinski definition) is 2. The summed E-state index contributed by atoms with van der Waals surface area (Å²) in [6.07, 6.45) is -3.06. The summed E-state index contributed by atoms with van der Waals surface area (Å²) in [4.78, 5) is 23.2. The molecule has 3 heterocycles. The molecule has 0 aliphatic carbocycles. The van der Waals surface area contributed by atoms with E-state index in [2.05, 4.69) is 15.8 Å². The third-order valence-electron chi connectivity index (χ3n) is 8.79. The number of piperidine rings is 1. The van der Waals surface area contributed by atoms with E-state index in [9.17, 15) is 18.0 Å². The Labute approximate surface area is 282 Å². The molecule has 0 spiro atoms. The number of benzene rings is 3. The van der Waals surface area contributed by atoms with Gasteiger partial charge in [-0.1, -0.05) is 47.5 Å². The van der Waals surface area contributed by atoms with Crippen LogP contribution < -0.4 is 15.5 Å². The Morgan fingerprint density at radius 3 is 2.15 bits per heavy atom. The second-order valence-corrected chi connectivity index (χ2v) is 12.7. The Hall–Kier alpha value is -3.35. The molecule has 2 saturated heterocycles. The van der Waals surface area contributed by atoms with Crippen molar-refractivity contribution in [1.29, 1.82) is 0 Å². The fraction of sp³-hybridized carbons (Fsp3) is 0.412. The van der Waals surface area contributed by atoms with E-state index in [4.69, 9.17) is 32.9 Å². The highest BCUT2D eigenvalue weighted by Crippen LogP contribution is 2.46. The Balaban J connectivity index is 1.40. The monoisotopic (exact) mass is 688 g/mol. The van der Waals surface area contributed by atoms with Gasteiger partial charge in [-0.05, 0) is 73.4 Å². The molecule has 2 N–H and O–H groups in total. The van der Waals surface area contributed by atoms with Crippen LogP contribution in [0, 0.1) is 0 Å². The predicted molar refractivity (Wildman–Crippen MR) is 177 cm³/mol. The minimum absolute atomic E-state index is 0.00409. The van der Waals surface area contributed by atoms with Crippen molar-refractivity contribution in [2.45, 2.75) is 44.1 Å². The second kappa shape index (κ2) is 14.4. The number of nitrogens with one attached hydrogen (secondary N) is 2. The van der Waals surface area contributed by atoms with E-state index >= 15 is 0 Å². The summed E-state index contributed by atoms with van der Waals surface area (Å²) in [5.74, 6) is 0.248. The number of piperazine rings is 1. The first-order chi connectivity index (χ1) is 22.6. The molecule has 2 atom stereocenters. The normalized spacial score (nSPS) is 21.2. The lowest BCUT2D eigenvalue weighted by Gasteiger charge is -2.40. The van der Waals surface area contributed by atoms with Crippen LogP contribution in [0.25, 0.3) is 0 Å². The molecular weight excluding hydrogens is 652 g/mol. The Morgan fingerprint density at radius 1 is 0.936 bits per heavy atom. The first kappa shape index (κ1) is 33.5. The molecule has 3 aliphatic heterocycles. The molecule has 3 aliphatic rings. The van der Waals surface area contributed by atoms with E-state index in [1.165, 1.54) is 6.07 Å². The molecule has 13 heteroatoms. The maximum Gasteiger partial charge on any atom is 0.416 e. The molecule has 0 aromatic heterocycles. The number of carbonyl (C=O) groups is 1. The molecule has 0 saturated carbocycles. The predicted octanol–water partition coefficient (Wildman–Crippen LogP) is 6.95. The van der Waals surface area contributed by atoms with E-state index in [1.807, 2.05) is 29.2 Å². The summed E-state index contributed by atoms with van der Waals surface area (Å²) >= 11 is 12.5. The first-order valence-corrected chi connectivity index (χ1v) is 16.6. The van der Waals surface area contributed by atoms with E-state index in [0.717, 1.165) is 62.3 Å². The SMILES string of the molecule is CCOc1cc(C(F)(F)F)ccc1C1=NC(c2ccc(Cl)cc2)C(c2ccc(Cl)cc2)N1C(=O)N1CCC(NN2CCNCC2)CC1. The lowest BCUT2D eigenvalue weighted by Crippen LogP contribution is -2.57. The van der Waals surface area contributed by atoms with Crippen LogP contribution in [0.5, 0.6) is 5.75 Å². The van der Waals surface area contributed by atoms with Gasteiger partial charge in [-0.2, -0.15) is 13.2 Å². The molecule has 0 bridgehead atoms. The maximum atomic E-state index is 14.7. The first-order valence-electron chi connectivity index (χ1n) is 15.9. The standard InChI is InChI=1S/C34H37Cl2F3N6O2/c1-2-47-29-21-24(34(37,38)39)7-12-28(29)32-41-30(22-3-8-25(35)9-4-22)31(23-5-10-26(36)11-6-23)45(32)33(46)43-17-13-27(14-18-43)42-44-19-15-40-16-20-44/h3-12,21,27,30-31,40,42H,2,13-20H2,1H3. The number of amidine groups is 1. The van der Waals surface area contributed by atoms with Crippen molar-refractivity contribution in [2.75, 3.05) is 45.9 Å². The molecule has 47 heavy (non-hydrogen) atoms. The number of hydrazine groups is 1. The molecule has 2 amide bonds. The van der Waals surface area contributed by atoms with Crippen LogP contribution in [-0.4, -0.2) is 78.6 Å². The largest absolute Gasteiger partial charge is 0.493 e. The summed E-state index contributed by atoms with van der Waals surface area (Å²) in [5, 5.41) is 6.67. The summed E-state index contributed by atoms with van der Waals surface area (Å²) in [6.45, 7) is 6.53. The van der Waals surface area contributed by atoms with Gasteiger partial charge in [0.2, 0.25) is 0 Å². The number of nitrogens with zero attached hydrogens (tertiary/aromatic N) is 4. The maximum absolute atomic E-state index is 14.7. The van der Waals surface area contributed by atoms with Crippen molar-refractivity contribution >= 4 is 35.1 Å². The highest BCUT2D eigenvalue weighted by Gasteiger charge is 2.45. The van der Waals surface area contributed by atoms with E-state index < -0.39 is 23.8 Å². The van der Waals surface area contributed by atoms with Crippen LogP contribution in [0.1, 0.15) is 54.1 Å². The topological polar surface area (TPSA) is 72.4 Å². The lowest BCUT2D eigenvalue weighted by atomic mass is 9.93. The van der Waals surface area contributed by atoms with Crippen LogP contribution in [0.4, 0.5) is 18.0 Å². The van der Waals surface area contributed by atoms with Crippen molar-refractivity contribution < 1.29 is 22.7 Å². The fourth-order valence-electron chi connectivity index (χ4n) is 6.42. The number of urea groups is 1. The fourth-order valence-corrected chi connectivity index (χ4v) is 6.67. The number of rotatable bonds is 7. The summed E-state index contributed by atoms with van der Waals surface area (Å²) in [7, 11) is 0. The second-order valence-electron chi connectivity index (χ2n) is 11.9. The third-order valence-corrected chi connectivity index (χ3v) is 9.30. The van der Waals surface area contributed by atoms with Gasteiger partial charge >= 0.3 is 12.2 Å². The number of aliphatic imine (C=N–C) groups is 1. The van der Waals surface area contributed by atoms with Crippen molar-refractivity contribution in [2.24, 2.45) is 4.99 Å². The zero-order chi connectivity index (χ0) is 33.1. The number of halogens is 5. The number of likely N-dealkylation sites (tertiary alicyclic amines) is 1. The van der Waals surface area contributed by atoms with Gasteiger partial charge in [-0.25, -0.2) is 9.80 Å². The molecule has 2 fully saturated rings. The number of alkyl halides is 3. The van der Waals surface area contributed by atoms with Crippen LogP contribution >= 0.6 is 23.2 Å². The van der Waals surface area contributed by atoms with Crippen molar-refractivity contribution in [1.82, 2.24) is 25.6 Å². The highest BCUT2D eigenvalue weighted by molar-refractivity contribution is 6.30. The average Bonchev–Trinajstić information content (AvgIpc) is 3.46. The van der Waals surface area contributed by atoms with E-state index in [-0.39, 0.29) is 30.3 Å². The van der Waals surface area contributed by atoms with Crippen molar-refractivity contribution in [3.8, 4) is 5.75 Å². The van der Waals surface area contributed by atoms with Crippen molar-refractivity contribution in [3.63, 3.8) is 0 Å². The zero-order valence-corrected chi connectivity index (χ0v) is 27.5. The Bertz CT molecular complexity index is 1570. The summed E-state index contributed by atoms with van der Waals surface area (Å²) in [6, 6.07) is 16.5. The Kier molecular flexibility index (Phi) is 10.3. The Morgan fingerprint density at radius 2 is 1.55 bits per heavy atom. The molecule has 3 aromatic rings. The third kappa shape index (κ3) is 7.54. The molecule has 6 rings (SSSR count). The van der Waals surface area contributed by atoms with Gasteiger partial charge in [-0.3, -0.25) is 15.3 Å². The van der Waals surface area contributed by atoms with Gasteiger partial charge in [0.25, 0.3) is 0 Å². The molecule has 0 radical (unpaired) electrons. The molecule has 2 unspecified atom stereocenters. The van der Waals surface area contributed by atoms with Crippen molar-refractivity contribution in [3.05, 3.63) is 99.0 Å². The highest BCUT2D eigenvalue weighted by atomic mass is 35.5. The quantitative estimate of drug-likeness (QED) is 0.281. The molecule has 3 aromatic carbocycles. The molecule has 250 valence electrons. The molecule has 8 nitrogen and oxygen atoms in total. The minimum Gasteiger partial charge on any atom is -0.493 e. The minimum atomic E-state index is -4.57. The average molecular weight is 690 g/mol. The van der Waals surface area contributed by atoms with Crippen LogP contribution in [0.3, 0.4) is 0 Å². The zero-order valence-electron chi connectivity index (χ0n) is 25.9. The summed E-state index contributed by atoms with van der Waals surface area (Å²) < 4.78 is 47.1. The van der Waals surface area contributed by atoms with Crippen LogP contribution in [0.2, 0.25) is 10.0 Å². The van der Waals surface area contributed by atoms with Gasteiger partial charge in [0.15, 0.2) is 0 Å².